The number of thiocarbonyl (C=S) groups is 1. The summed E-state index contributed by atoms with van der Waals surface area (Å²) >= 11 is 4.90. The molecule has 0 aromatic carbocycles. The maximum absolute atomic E-state index is 5.55. The molecule has 0 fully saturated rings. The lowest BCUT2D eigenvalue weighted by Crippen LogP contribution is -2.19. The van der Waals surface area contributed by atoms with E-state index in [0.717, 1.165) is 22.8 Å². The highest BCUT2D eigenvalue weighted by Crippen LogP contribution is 2.12. The lowest BCUT2D eigenvalue weighted by Gasteiger charge is -2.18. The molecule has 0 aliphatic rings. The molecular formula is C14H16N4S. The van der Waals surface area contributed by atoms with Gasteiger partial charge in [-0.2, -0.15) is 0 Å². The Bertz CT molecular complexity index is 580. The van der Waals surface area contributed by atoms with Crippen molar-refractivity contribution in [2.45, 2.75) is 13.5 Å². The second-order valence-corrected chi connectivity index (χ2v) is 4.84. The van der Waals surface area contributed by atoms with E-state index in [0.29, 0.717) is 11.5 Å². The van der Waals surface area contributed by atoms with E-state index in [-0.39, 0.29) is 0 Å². The van der Waals surface area contributed by atoms with Crippen molar-refractivity contribution in [3.63, 3.8) is 0 Å². The van der Waals surface area contributed by atoms with Crippen LogP contribution in [0.4, 0.5) is 5.82 Å². The van der Waals surface area contributed by atoms with Crippen molar-refractivity contribution >= 4 is 23.0 Å². The van der Waals surface area contributed by atoms with Crippen molar-refractivity contribution in [3.05, 3.63) is 53.5 Å². The van der Waals surface area contributed by atoms with E-state index in [2.05, 4.69) is 9.97 Å². The lowest BCUT2D eigenvalue weighted by molar-refractivity contribution is 0.859. The van der Waals surface area contributed by atoms with Gasteiger partial charge in [-0.25, -0.2) is 4.98 Å². The minimum absolute atomic E-state index is 0.363. The summed E-state index contributed by atoms with van der Waals surface area (Å²) in [5, 5.41) is 0. The fraction of sp³-hybridized carbons (Fsp3) is 0.214. The Labute approximate surface area is 118 Å². The largest absolute Gasteiger partial charge is 0.389 e. The number of hydrogen-bond acceptors (Lipinski definition) is 4. The molecule has 4 nitrogen and oxygen atoms in total. The Hall–Kier alpha value is -2.01. The van der Waals surface area contributed by atoms with Crippen LogP contribution in [-0.2, 0) is 6.54 Å². The maximum atomic E-state index is 5.55. The number of nitrogens with zero attached hydrogens (tertiary/aromatic N) is 3. The molecule has 2 N–H and O–H groups in total. The molecule has 2 heterocycles. The summed E-state index contributed by atoms with van der Waals surface area (Å²) in [5.74, 6) is 0.864. The first-order valence-electron chi connectivity index (χ1n) is 5.96. The molecule has 2 rings (SSSR count). The summed E-state index contributed by atoms with van der Waals surface area (Å²) in [5.41, 5.74) is 8.36. The molecule has 0 saturated heterocycles. The van der Waals surface area contributed by atoms with Gasteiger partial charge in [0.15, 0.2) is 0 Å². The van der Waals surface area contributed by atoms with Crippen LogP contribution in [0.3, 0.4) is 0 Å². The highest BCUT2D eigenvalue weighted by Gasteiger charge is 2.05. The van der Waals surface area contributed by atoms with Crippen LogP contribution in [0.2, 0.25) is 0 Å². The van der Waals surface area contributed by atoms with Gasteiger partial charge in [0.05, 0.1) is 12.2 Å². The molecular weight excluding hydrogens is 256 g/mol. The highest BCUT2D eigenvalue weighted by atomic mass is 32.1. The van der Waals surface area contributed by atoms with Gasteiger partial charge in [-0.05, 0) is 31.2 Å². The fourth-order valence-electron chi connectivity index (χ4n) is 1.77. The average molecular weight is 272 g/mol. The third-order valence-electron chi connectivity index (χ3n) is 2.77. The molecule has 0 aliphatic heterocycles. The summed E-state index contributed by atoms with van der Waals surface area (Å²) < 4.78 is 0. The van der Waals surface area contributed by atoms with Gasteiger partial charge in [0.1, 0.15) is 10.8 Å². The summed E-state index contributed by atoms with van der Waals surface area (Å²) in [6, 6.07) is 9.79. The topological polar surface area (TPSA) is 55.0 Å². The van der Waals surface area contributed by atoms with Crippen LogP contribution in [0.5, 0.6) is 0 Å². The number of rotatable bonds is 4. The summed E-state index contributed by atoms with van der Waals surface area (Å²) in [4.78, 5) is 11.2. The Balaban J connectivity index is 2.11. The van der Waals surface area contributed by atoms with Gasteiger partial charge in [-0.1, -0.05) is 18.3 Å². The zero-order valence-corrected chi connectivity index (χ0v) is 11.8. The van der Waals surface area contributed by atoms with Crippen molar-refractivity contribution in [2.24, 2.45) is 5.73 Å². The van der Waals surface area contributed by atoms with E-state index in [4.69, 9.17) is 18.0 Å². The van der Waals surface area contributed by atoms with Crippen LogP contribution in [0, 0.1) is 6.92 Å². The smallest absolute Gasteiger partial charge is 0.128 e. The van der Waals surface area contributed by atoms with Crippen molar-refractivity contribution < 1.29 is 0 Å². The van der Waals surface area contributed by atoms with Gasteiger partial charge in [0.2, 0.25) is 0 Å². The molecule has 0 unspecified atom stereocenters. The quantitative estimate of drug-likeness (QED) is 0.863. The van der Waals surface area contributed by atoms with E-state index in [1.54, 1.807) is 6.20 Å². The van der Waals surface area contributed by atoms with E-state index in [9.17, 15) is 0 Å². The van der Waals surface area contributed by atoms with Gasteiger partial charge in [0.25, 0.3) is 0 Å². The molecule has 19 heavy (non-hydrogen) atoms. The van der Waals surface area contributed by atoms with Gasteiger partial charge in [-0.3, -0.25) is 4.98 Å². The number of anilines is 1. The number of aromatic nitrogens is 2. The molecule has 0 atom stereocenters. The predicted octanol–water partition coefficient (Wildman–Crippen LogP) is 2.06. The van der Waals surface area contributed by atoms with Crippen LogP contribution in [0.25, 0.3) is 0 Å². The Morgan fingerprint density at radius 3 is 2.68 bits per heavy atom. The molecule has 0 bridgehead atoms. The fourth-order valence-corrected chi connectivity index (χ4v) is 1.89. The molecule has 0 radical (unpaired) electrons. The van der Waals surface area contributed by atoms with E-state index in [1.165, 1.54) is 0 Å². The Kier molecular flexibility index (Phi) is 4.06. The number of nitrogens with two attached hydrogens (primary N) is 1. The van der Waals surface area contributed by atoms with Crippen molar-refractivity contribution in [3.8, 4) is 0 Å². The summed E-state index contributed by atoms with van der Waals surface area (Å²) in [6.45, 7) is 2.69. The van der Waals surface area contributed by atoms with Crippen molar-refractivity contribution in [1.29, 1.82) is 0 Å². The first-order chi connectivity index (χ1) is 9.06. The van der Waals surface area contributed by atoms with Gasteiger partial charge < -0.3 is 10.6 Å². The van der Waals surface area contributed by atoms with Crippen LogP contribution >= 0.6 is 12.2 Å². The minimum atomic E-state index is 0.363. The normalized spacial score (nSPS) is 10.2. The second kappa shape index (κ2) is 5.75. The number of hydrogen-bond donors (Lipinski definition) is 1. The van der Waals surface area contributed by atoms with Crippen LogP contribution < -0.4 is 10.6 Å². The number of pyridine rings is 2. The molecule has 2 aromatic heterocycles. The van der Waals surface area contributed by atoms with Gasteiger partial charge in [-0.15, -0.1) is 0 Å². The van der Waals surface area contributed by atoms with E-state index in [1.807, 2.05) is 49.2 Å². The minimum Gasteiger partial charge on any atom is -0.389 e. The van der Waals surface area contributed by atoms with E-state index >= 15 is 0 Å². The van der Waals surface area contributed by atoms with Crippen molar-refractivity contribution in [1.82, 2.24) is 9.97 Å². The molecule has 0 amide bonds. The van der Waals surface area contributed by atoms with Crippen LogP contribution in [-0.4, -0.2) is 22.0 Å². The van der Waals surface area contributed by atoms with Gasteiger partial charge in [0, 0.05) is 24.5 Å². The summed E-state index contributed by atoms with van der Waals surface area (Å²) in [7, 11) is 1.98. The molecule has 2 aromatic rings. The molecule has 98 valence electrons. The molecule has 5 heteroatoms. The van der Waals surface area contributed by atoms with Crippen LogP contribution in [0.15, 0.2) is 36.5 Å². The highest BCUT2D eigenvalue weighted by molar-refractivity contribution is 7.80. The second-order valence-electron chi connectivity index (χ2n) is 4.40. The molecule has 0 aliphatic carbocycles. The van der Waals surface area contributed by atoms with Crippen LogP contribution in [0.1, 0.15) is 17.0 Å². The van der Waals surface area contributed by atoms with E-state index < -0.39 is 0 Å². The zero-order chi connectivity index (χ0) is 13.8. The van der Waals surface area contributed by atoms with Crippen molar-refractivity contribution in [2.75, 3.05) is 11.9 Å². The lowest BCUT2D eigenvalue weighted by atomic mass is 10.2. The first-order valence-corrected chi connectivity index (χ1v) is 6.36. The third-order valence-corrected chi connectivity index (χ3v) is 3.00. The zero-order valence-electron chi connectivity index (χ0n) is 11.0. The Morgan fingerprint density at radius 2 is 2.11 bits per heavy atom. The standard InChI is InChI=1S/C14H16N4S/c1-10-4-3-5-12(17-10)9-18(2)13-7-6-11(8-16-13)14(15)19/h3-8H,9H2,1-2H3,(H2,15,19). The predicted molar refractivity (Wildman–Crippen MR) is 81.2 cm³/mol. The Morgan fingerprint density at radius 1 is 1.32 bits per heavy atom. The third kappa shape index (κ3) is 3.48. The molecule has 0 spiro atoms. The SMILES string of the molecule is Cc1cccc(CN(C)c2ccc(C(N)=S)cn2)n1. The first kappa shape index (κ1) is 13.4. The summed E-state index contributed by atoms with van der Waals surface area (Å²) in [6.07, 6.45) is 1.69. The number of aryl methyl sites for hydroxylation is 1. The average Bonchev–Trinajstić information content (AvgIpc) is 2.39. The van der Waals surface area contributed by atoms with Gasteiger partial charge >= 0.3 is 0 Å². The monoisotopic (exact) mass is 272 g/mol. The molecule has 0 saturated carbocycles. The maximum Gasteiger partial charge on any atom is 0.128 e.